The van der Waals surface area contributed by atoms with Crippen molar-refractivity contribution in [3.05, 3.63) is 0 Å². The molecule has 0 unspecified atom stereocenters. The molecule has 1 N–H and O–H groups in total. The largest absolute Gasteiger partial charge is 0.377 e. The molecule has 2 amide bonds. The number of piperidine rings is 1. The summed E-state index contributed by atoms with van der Waals surface area (Å²) in [6, 6.07) is 0.171. The molecule has 0 bridgehead atoms. The molecule has 2 rings (SSSR count). The predicted molar refractivity (Wildman–Crippen MR) is 71.5 cm³/mol. The summed E-state index contributed by atoms with van der Waals surface area (Å²) in [6.45, 7) is 7.78. The summed E-state index contributed by atoms with van der Waals surface area (Å²) in [4.78, 5) is 25.1. The van der Waals surface area contributed by atoms with Gasteiger partial charge in [0.25, 0.3) is 0 Å². The summed E-state index contributed by atoms with van der Waals surface area (Å²) in [5, 5.41) is 2.91. The zero-order valence-corrected chi connectivity index (χ0v) is 12.0. The van der Waals surface area contributed by atoms with E-state index in [9.17, 15) is 9.59 Å². The molecule has 0 saturated carbocycles. The number of rotatable bonds is 3. The lowest BCUT2D eigenvalue weighted by Gasteiger charge is -2.35. The SMILES string of the molecule is CC(=O)N1CC[C@@H]2[C@@H](CO[C@@H]2CC(=O)NC(C)C)C1. The van der Waals surface area contributed by atoms with Crippen LogP contribution in [0, 0.1) is 11.8 Å². The molecule has 5 nitrogen and oxygen atoms in total. The smallest absolute Gasteiger partial charge is 0.222 e. The molecule has 2 saturated heterocycles. The molecule has 2 heterocycles. The fourth-order valence-electron chi connectivity index (χ4n) is 3.15. The van der Waals surface area contributed by atoms with E-state index in [1.165, 1.54) is 0 Å². The van der Waals surface area contributed by atoms with Gasteiger partial charge in [0.2, 0.25) is 11.8 Å². The Balaban J connectivity index is 1.87. The second-order valence-corrected chi connectivity index (χ2v) is 5.98. The molecule has 0 spiro atoms. The van der Waals surface area contributed by atoms with Gasteiger partial charge in [-0.25, -0.2) is 0 Å². The van der Waals surface area contributed by atoms with Gasteiger partial charge in [-0.15, -0.1) is 0 Å². The van der Waals surface area contributed by atoms with E-state index in [0.29, 0.717) is 24.9 Å². The van der Waals surface area contributed by atoms with Crippen LogP contribution in [0.2, 0.25) is 0 Å². The Kier molecular flexibility index (Phi) is 4.45. The number of fused-ring (bicyclic) bond motifs is 1. The van der Waals surface area contributed by atoms with Gasteiger partial charge in [-0.2, -0.15) is 0 Å². The molecular weight excluding hydrogens is 244 g/mol. The molecule has 0 radical (unpaired) electrons. The maximum absolute atomic E-state index is 11.8. The lowest BCUT2D eigenvalue weighted by Crippen LogP contribution is -2.44. The fourth-order valence-corrected chi connectivity index (χ4v) is 3.15. The van der Waals surface area contributed by atoms with Crippen LogP contribution in [-0.2, 0) is 14.3 Å². The van der Waals surface area contributed by atoms with Crippen molar-refractivity contribution in [2.24, 2.45) is 11.8 Å². The molecule has 3 atom stereocenters. The van der Waals surface area contributed by atoms with Gasteiger partial charge in [-0.1, -0.05) is 0 Å². The molecule has 5 heteroatoms. The van der Waals surface area contributed by atoms with Crippen molar-refractivity contribution in [1.82, 2.24) is 10.2 Å². The fraction of sp³-hybridized carbons (Fsp3) is 0.857. The summed E-state index contributed by atoms with van der Waals surface area (Å²) in [5.74, 6) is 1.03. The topological polar surface area (TPSA) is 58.6 Å². The first kappa shape index (κ1) is 14.3. The number of ether oxygens (including phenoxy) is 1. The summed E-state index contributed by atoms with van der Waals surface area (Å²) in [7, 11) is 0. The van der Waals surface area contributed by atoms with Gasteiger partial charge >= 0.3 is 0 Å². The standard InChI is InChI=1S/C14H24N2O3/c1-9(2)15-14(18)6-13-12-4-5-16(10(3)17)7-11(12)8-19-13/h9,11-13H,4-8H2,1-3H3,(H,15,18)/t11-,12-,13-/m1/s1. The quantitative estimate of drug-likeness (QED) is 0.823. The minimum atomic E-state index is 0.0258. The average Bonchev–Trinajstić information content (AvgIpc) is 2.70. The molecule has 19 heavy (non-hydrogen) atoms. The van der Waals surface area contributed by atoms with E-state index < -0.39 is 0 Å². The van der Waals surface area contributed by atoms with Crippen molar-refractivity contribution in [3.8, 4) is 0 Å². The van der Waals surface area contributed by atoms with Gasteiger partial charge in [0.1, 0.15) is 0 Å². The number of carbonyl (C=O) groups is 2. The number of carbonyl (C=O) groups excluding carboxylic acids is 2. The van der Waals surface area contributed by atoms with Crippen LogP contribution < -0.4 is 5.32 Å². The zero-order chi connectivity index (χ0) is 14.0. The Morgan fingerprint density at radius 2 is 2.16 bits per heavy atom. The normalized spacial score (nSPS) is 30.3. The van der Waals surface area contributed by atoms with Crippen LogP contribution >= 0.6 is 0 Å². The number of nitrogens with zero attached hydrogens (tertiary/aromatic N) is 1. The lowest BCUT2D eigenvalue weighted by atomic mass is 9.83. The molecule has 2 aliphatic heterocycles. The molecule has 0 aromatic carbocycles. The molecule has 0 aromatic heterocycles. The van der Waals surface area contributed by atoms with Crippen LogP contribution in [-0.4, -0.2) is 48.6 Å². The van der Waals surface area contributed by atoms with Gasteiger partial charge in [-0.3, -0.25) is 9.59 Å². The first-order valence-corrected chi connectivity index (χ1v) is 7.14. The third-order valence-corrected chi connectivity index (χ3v) is 4.08. The third kappa shape index (κ3) is 3.47. The van der Waals surface area contributed by atoms with E-state index in [0.717, 1.165) is 19.5 Å². The lowest BCUT2D eigenvalue weighted by molar-refractivity contribution is -0.131. The minimum Gasteiger partial charge on any atom is -0.377 e. The van der Waals surface area contributed by atoms with E-state index >= 15 is 0 Å². The van der Waals surface area contributed by atoms with Crippen molar-refractivity contribution in [1.29, 1.82) is 0 Å². The Morgan fingerprint density at radius 1 is 1.42 bits per heavy atom. The minimum absolute atomic E-state index is 0.0258. The van der Waals surface area contributed by atoms with Crippen LogP contribution in [0.3, 0.4) is 0 Å². The highest BCUT2D eigenvalue weighted by Gasteiger charge is 2.41. The van der Waals surface area contributed by atoms with E-state index in [2.05, 4.69) is 5.32 Å². The van der Waals surface area contributed by atoms with Crippen LogP contribution in [0.5, 0.6) is 0 Å². The molecule has 108 valence electrons. The highest BCUT2D eigenvalue weighted by molar-refractivity contribution is 5.76. The zero-order valence-electron chi connectivity index (χ0n) is 12.0. The van der Waals surface area contributed by atoms with E-state index in [4.69, 9.17) is 4.74 Å². The Morgan fingerprint density at radius 3 is 2.79 bits per heavy atom. The van der Waals surface area contributed by atoms with Crippen LogP contribution in [0.15, 0.2) is 0 Å². The van der Waals surface area contributed by atoms with E-state index in [1.807, 2.05) is 18.7 Å². The second kappa shape index (κ2) is 5.90. The molecular formula is C14H24N2O3. The number of hydrogen-bond acceptors (Lipinski definition) is 3. The Bertz CT molecular complexity index is 357. The van der Waals surface area contributed by atoms with Crippen molar-refractivity contribution >= 4 is 11.8 Å². The summed E-state index contributed by atoms with van der Waals surface area (Å²) >= 11 is 0. The van der Waals surface area contributed by atoms with E-state index in [1.54, 1.807) is 6.92 Å². The number of hydrogen-bond donors (Lipinski definition) is 1. The first-order valence-electron chi connectivity index (χ1n) is 7.14. The molecule has 0 aliphatic carbocycles. The van der Waals surface area contributed by atoms with Gasteiger partial charge in [0, 0.05) is 32.0 Å². The number of amides is 2. The Labute approximate surface area is 114 Å². The van der Waals surface area contributed by atoms with Crippen molar-refractivity contribution < 1.29 is 14.3 Å². The summed E-state index contributed by atoms with van der Waals surface area (Å²) in [6.07, 6.45) is 1.42. The Hall–Kier alpha value is -1.10. The van der Waals surface area contributed by atoms with Crippen molar-refractivity contribution in [3.63, 3.8) is 0 Å². The highest BCUT2D eigenvalue weighted by Crippen LogP contribution is 2.35. The summed E-state index contributed by atoms with van der Waals surface area (Å²) in [5.41, 5.74) is 0. The predicted octanol–water partition coefficient (Wildman–Crippen LogP) is 0.785. The van der Waals surface area contributed by atoms with E-state index in [-0.39, 0.29) is 24.0 Å². The van der Waals surface area contributed by atoms with Gasteiger partial charge < -0.3 is 15.0 Å². The summed E-state index contributed by atoms with van der Waals surface area (Å²) < 4.78 is 5.78. The highest BCUT2D eigenvalue weighted by atomic mass is 16.5. The van der Waals surface area contributed by atoms with Crippen molar-refractivity contribution in [2.75, 3.05) is 19.7 Å². The number of likely N-dealkylation sites (tertiary alicyclic amines) is 1. The second-order valence-electron chi connectivity index (χ2n) is 5.98. The van der Waals surface area contributed by atoms with Crippen LogP contribution in [0.4, 0.5) is 0 Å². The van der Waals surface area contributed by atoms with Gasteiger partial charge in [0.15, 0.2) is 0 Å². The molecule has 2 fully saturated rings. The maximum Gasteiger partial charge on any atom is 0.222 e. The number of nitrogens with one attached hydrogen (secondary N) is 1. The molecule has 2 aliphatic rings. The van der Waals surface area contributed by atoms with Gasteiger partial charge in [0.05, 0.1) is 19.1 Å². The van der Waals surface area contributed by atoms with Crippen LogP contribution in [0.25, 0.3) is 0 Å². The third-order valence-electron chi connectivity index (χ3n) is 4.08. The first-order chi connectivity index (χ1) is 8.97. The maximum atomic E-state index is 11.8. The van der Waals surface area contributed by atoms with Crippen molar-refractivity contribution in [2.45, 2.75) is 45.8 Å². The monoisotopic (exact) mass is 268 g/mol. The van der Waals surface area contributed by atoms with Gasteiger partial charge in [-0.05, 0) is 26.2 Å². The average molecular weight is 268 g/mol. The molecule has 0 aromatic rings. The van der Waals surface area contributed by atoms with Crippen LogP contribution in [0.1, 0.15) is 33.6 Å².